The van der Waals surface area contributed by atoms with Crippen LogP contribution >= 0.6 is 7.60 Å². The van der Waals surface area contributed by atoms with Gasteiger partial charge in [0.1, 0.15) is 23.8 Å². The normalized spacial score (nSPS) is 12.3. The molecule has 2 aromatic carbocycles. The number of rotatable bonds is 17. The summed E-state index contributed by atoms with van der Waals surface area (Å²) in [7, 11) is -4.41. The molecule has 0 spiro atoms. The molecule has 0 aliphatic rings. The number of hydrogen-bond acceptors (Lipinski definition) is 8. The minimum absolute atomic E-state index is 0.0819. The van der Waals surface area contributed by atoms with Gasteiger partial charge >= 0.3 is 7.60 Å². The van der Waals surface area contributed by atoms with E-state index in [-0.39, 0.29) is 19.1 Å². The lowest BCUT2D eigenvalue weighted by Crippen LogP contribution is -2.25. The van der Waals surface area contributed by atoms with Crippen LogP contribution in [0.15, 0.2) is 60.8 Å². The molecular weight excluding hydrogens is 513 g/mol. The minimum atomic E-state index is -4.41. The molecule has 0 radical (unpaired) electrons. The molecular formula is C25H34N5O7P. The zero-order valence-corrected chi connectivity index (χ0v) is 22.1. The minimum Gasteiger partial charge on any atom is -0.487 e. The first-order chi connectivity index (χ1) is 18.3. The SMILES string of the molecule is CC(=O)NCCOCCOCCn1cc(COc2cccc(CNC(c3ccccc3)P(=O)(O)O)c2)nn1. The summed E-state index contributed by atoms with van der Waals surface area (Å²) in [6.45, 7) is 4.71. The molecule has 3 rings (SSSR count). The van der Waals surface area contributed by atoms with Crippen molar-refractivity contribution in [2.45, 2.75) is 32.4 Å². The van der Waals surface area contributed by atoms with E-state index in [9.17, 15) is 19.1 Å². The molecule has 0 aliphatic carbocycles. The van der Waals surface area contributed by atoms with Gasteiger partial charge in [0.2, 0.25) is 5.91 Å². The van der Waals surface area contributed by atoms with E-state index in [4.69, 9.17) is 14.2 Å². The molecule has 38 heavy (non-hydrogen) atoms. The van der Waals surface area contributed by atoms with Crippen LogP contribution in [0, 0.1) is 0 Å². The predicted octanol–water partition coefficient (Wildman–Crippen LogP) is 1.99. The third-order valence-electron chi connectivity index (χ3n) is 5.28. The van der Waals surface area contributed by atoms with Gasteiger partial charge < -0.3 is 29.3 Å². The van der Waals surface area contributed by atoms with Crippen molar-refractivity contribution in [3.05, 3.63) is 77.6 Å². The third-order valence-corrected chi connectivity index (χ3v) is 6.43. The summed E-state index contributed by atoms with van der Waals surface area (Å²) in [5.41, 5.74) is 1.99. The van der Waals surface area contributed by atoms with E-state index in [1.807, 2.05) is 18.2 Å². The molecule has 4 N–H and O–H groups in total. The molecule has 3 aromatic rings. The smallest absolute Gasteiger partial charge is 0.346 e. The van der Waals surface area contributed by atoms with Gasteiger partial charge in [0.05, 0.1) is 39.2 Å². The molecule has 1 aromatic heterocycles. The monoisotopic (exact) mass is 547 g/mol. The zero-order chi connectivity index (χ0) is 27.2. The highest BCUT2D eigenvalue weighted by atomic mass is 31.2. The average molecular weight is 548 g/mol. The summed E-state index contributed by atoms with van der Waals surface area (Å²) in [5.74, 6) is -0.579. The summed E-state index contributed by atoms with van der Waals surface area (Å²) in [5, 5.41) is 13.8. The number of carbonyl (C=O) groups excluding carboxylic acids is 1. The van der Waals surface area contributed by atoms with Crippen molar-refractivity contribution in [3.8, 4) is 5.75 Å². The standard InChI is InChI=1S/C25H34N5O7P/c1-20(31)26-10-12-35-14-15-36-13-11-30-18-23(28-29-30)19-37-24-9-5-6-21(16-24)17-27-25(38(32,33)34)22-7-3-2-4-8-22/h2-9,16,18,25,27H,10-15,17,19H2,1H3,(H,26,31)(H2,32,33,34). The Balaban J connectivity index is 1.38. The van der Waals surface area contributed by atoms with Gasteiger partial charge in [-0.3, -0.25) is 14.7 Å². The lowest BCUT2D eigenvalue weighted by Gasteiger charge is -2.20. The molecule has 0 saturated heterocycles. The van der Waals surface area contributed by atoms with Gasteiger partial charge in [-0.1, -0.05) is 47.7 Å². The number of amides is 1. The quantitative estimate of drug-likeness (QED) is 0.146. The highest BCUT2D eigenvalue weighted by Crippen LogP contribution is 2.49. The molecule has 13 heteroatoms. The van der Waals surface area contributed by atoms with Crippen molar-refractivity contribution in [2.75, 3.05) is 33.0 Å². The second kappa shape index (κ2) is 15.3. The molecule has 1 amide bonds. The number of benzene rings is 2. The summed E-state index contributed by atoms with van der Waals surface area (Å²) in [6, 6.07) is 15.9. The Hall–Kier alpha value is -3.12. The second-order valence-electron chi connectivity index (χ2n) is 8.40. The number of ether oxygens (including phenoxy) is 3. The Kier molecular flexibility index (Phi) is 11.9. The predicted molar refractivity (Wildman–Crippen MR) is 139 cm³/mol. The summed E-state index contributed by atoms with van der Waals surface area (Å²) < 4.78 is 30.4. The molecule has 1 atom stereocenters. The third kappa shape index (κ3) is 10.7. The van der Waals surface area contributed by atoms with Gasteiger partial charge in [-0.25, -0.2) is 4.68 Å². The maximum atomic E-state index is 12.0. The molecule has 206 valence electrons. The van der Waals surface area contributed by atoms with E-state index >= 15 is 0 Å². The summed E-state index contributed by atoms with van der Waals surface area (Å²) >= 11 is 0. The summed E-state index contributed by atoms with van der Waals surface area (Å²) in [4.78, 5) is 30.3. The number of nitrogens with one attached hydrogen (secondary N) is 2. The maximum absolute atomic E-state index is 12.0. The van der Waals surface area contributed by atoms with Crippen molar-refractivity contribution in [1.29, 1.82) is 0 Å². The average Bonchev–Trinajstić information content (AvgIpc) is 3.34. The topological polar surface area (TPSA) is 157 Å². The van der Waals surface area contributed by atoms with E-state index in [1.54, 1.807) is 47.3 Å². The maximum Gasteiger partial charge on any atom is 0.346 e. The van der Waals surface area contributed by atoms with Gasteiger partial charge in [-0.05, 0) is 23.3 Å². The Labute approximate surface area is 221 Å². The fraction of sp³-hybridized carbons (Fsp3) is 0.400. The van der Waals surface area contributed by atoms with Crippen LogP contribution in [0.1, 0.15) is 29.5 Å². The lowest BCUT2D eigenvalue weighted by molar-refractivity contribution is -0.119. The van der Waals surface area contributed by atoms with Crippen LogP contribution in [0.5, 0.6) is 5.75 Å². The molecule has 12 nitrogen and oxygen atoms in total. The van der Waals surface area contributed by atoms with Crippen LogP contribution in [0.25, 0.3) is 0 Å². The Morgan fingerprint density at radius 3 is 2.55 bits per heavy atom. The Morgan fingerprint density at radius 1 is 1.05 bits per heavy atom. The van der Waals surface area contributed by atoms with E-state index in [2.05, 4.69) is 20.9 Å². The number of hydrogen-bond donors (Lipinski definition) is 4. The van der Waals surface area contributed by atoms with E-state index < -0.39 is 13.4 Å². The van der Waals surface area contributed by atoms with E-state index in [0.29, 0.717) is 56.5 Å². The van der Waals surface area contributed by atoms with Gasteiger partial charge in [-0.15, -0.1) is 5.10 Å². The van der Waals surface area contributed by atoms with Crippen molar-refractivity contribution in [2.24, 2.45) is 0 Å². The van der Waals surface area contributed by atoms with Crippen LogP contribution in [-0.4, -0.2) is 63.7 Å². The summed E-state index contributed by atoms with van der Waals surface area (Å²) in [6.07, 6.45) is 1.78. The van der Waals surface area contributed by atoms with Crippen LogP contribution < -0.4 is 15.4 Å². The number of nitrogens with zero attached hydrogens (tertiary/aromatic N) is 3. The molecule has 0 saturated carbocycles. The number of aromatic nitrogens is 3. The van der Waals surface area contributed by atoms with Crippen molar-refractivity contribution < 1.29 is 33.4 Å². The molecule has 1 unspecified atom stereocenters. The van der Waals surface area contributed by atoms with Crippen LogP contribution in [0.4, 0.5) is 0 Å². The molecule has 0 bridgehead atoms. The van der Waals surface area contributed by atoms with Crippen LogP contribution in [-0.2, 0) is 38.5 Å². The molecule has 0 aliphatic heterocycles. The van der Waals surface area contributed by atoms with E-state index in [0.717, 1.165) is 5.56 Å². The van der Waals surface area contributed by atoms with Crippen molar-refractivity contribution in [3.63, 3.8) is 0 Å². The van der Waals surface area contributed by atoms with Crippen molar-refractivity contribution >= 4 is 13.5 Å². The van der Waals surface area contributed by atoms with Gasteiger partial charge in [0.25, 0.3) is 0 Å². The van der Waals surface area contributed by atoms with Gasteiger partial charge in [0.15, 0.2) is 0 Å². The Morgan fingerprint density at radius 2 is 1.82 bits per heavy atom. The van der Waals surface area contributed by atoms with Crippen molar-refractivity contribution in [1.82, 2.24) is 25.6 Å². The molecule has 0 fully saturated rings. The van der Waals surface area contributed by atoms with Crippen LogP contribution in [0.3, 0.4) is 0 Å². The van der Waals surface area contributed by atoms with E-state index in [1.165, 1.54) is 6.92 Å². The highest BCUT2D eigenvalue weighted by Gasteiger charge is 2.29. The highest BCUT2D eigenvalue weighted by molar-refractivity contribution is 7.52. The first kappa shape index (κ1) is 29.4. The fourth-order valence-corrected chi connectivity index (χ4v) is 4.37. The Bertz CT molecular complexity index is 1170. The number of carbonyl (C=O) groups is 1. The zero-order valence-electron chi connectivity index (χ0n) is 21.2. The van der Waals surface area contributed by atoms with Gasteiger partial charge in [0, 0.05) is 20.0 Å². The fourth-order valence-electron chi connectivity index (χ4n) is 3.48. The van der Waals surface area contributed by atoms with Gasteiger partial charge in [-0.2, -0.15) is 0 Å². The first-order valence-corrected chi connectivity index (χ1v) is 13.8. The van der Waals surface area contributed by atoms with Crippen LogP contribution in [0.2, 0.25) is 0 Å². The lowest BCUT2D eigenvalue weighted by atomic mass is 10.2. The second-order valence-corrected chi connectivity index (χ2v) is 10.1. The largest absolute Gasteiger partial charge is 0.487 e. The first-order valence-electron chi connectivity index (χ1n) is 12.2. The molecule has 1 heterocycles.